The van der Waals surface area contributed by atoms with Crippen molar-refractivity contribution in [1.82, 2.24) is 24.9 Å². The molecule has 0 atom stereocenters. The molecule has 1 fully saturated rings. The molecule has 0 unspecified atom stereocenters. The second-order valence-electron chi connectivity index (χ2n) is 8.95. The Hall–Kier alpha value is -1.65. The molecule has 0 spiro atoms. The van der Waals surface area contributed by atoms with Gasteiger partial charge < -0.3 is 15.3 Å². The number of guanidine groups is 1. The van der Waals surface area contributed by atoms with E-state index in [0.29, 0.717) is 5.92 Å². The lowest BCUT2D eigenvalue weighted by Crippen LogP contribution is -2.38. The highest BCUT2D eigenvalue weighted by Gasteiger charge is 2.17. The van der Waals surface area contributed by atoms with Gasteiger partial charge in [0.15, 0.2) is 5.96 Å². The van der Waals surface area contributed by atoms with Gasteiger partial charge in [-0.2, -0.15) is 5.10 Å². The Morgan fingerprint density at radius 3 is 2.44 bits per heavy atom. The third-order valence-electron chi connectivity index (χ3n) is 5.90. The Bertz CT molecular complexity index is 856. The summed E-state index contributed by atoms with van der Waals surface area (Å²) < 4.78 is 1.89. The lowest BCUT2D eigenvalue weighted by atomic mass is 10.1. The van der Waals surface area contributed by atoms with Crippen molar-refractivity contribution in [2.75, 3.05) is 27.2 Å². The Morgan fingerprint density at radius 2 is 1.84 bits per heavy atom. The first-order valence-corrected chi connectivity index (χ1v) is 11.3. The van der Waals surface area contributed by atoms with E-state index in [1.54, 1.807) is 0 Å². The summed E-state index contributed by atoms with van der Waals surface area (Å²) in [4.78, 5) is 9.02. The van der Waals surface area contributed by atoms with E-state index in [1.165, 1.54) is 16.7 Å². The number of nitrogens with one attached hydrogen (secondary N) is 1. The minimum atomic E-state index is -0.118. The first-order chi connectivity index (χ1) is 14.9. The highest BCUT2D eigenvalue weighted by molar-refractivity contribution is 14.0. The minimum absolute atomic E-state index is 0. The van der Waals surface area contributed by atoms with E-state index in [-0.39, 0.29) is 30.1 Å². The maximum Gasteiger partial charge on any atom is 0.193 e. The Morgan fingerprint density at radius 1 is 1.22 bits per heavy atom. The third-order valence-corrected chi connectivity index (χ3v) is 5.90. The van der Waals surface area contributed by atoms with Crippen LogP contribution in [-0.4, -0.2) is 63.9 Å². The third kappa shape index (κ3) is 7.45. The molecule has 32 heavy (non-hydrogen) atoms. The SMILES string of the molecule is CN=C(NCc1ccc(CN2CCC(O)CC2)cc1)N(C)Cc1cn(C)nc1C(C)C.I. The summed E-state index contributed by atoms with van der Waals surface area (Å²) in [6, 6.07) is 8.79. The van der Waals surface area contributed by atoms with Crippen molar-refractivity contribution in [3.8, 4) is 0 Å². The van der Waals surface area contributed by atoms with Gasteiger partial charge in [-0.25, -0.2) is 0 Å². The van der Waals surface area contributed by atoms with E-state index in [9.17, 15) is 5.11 Å². The molecule has 1 saturated heterocycles. The number of benzene rings is 1. The second-order valence-corrected chi connectivity index (χ2v) is 8.95. The van der Waals surface area contributed by atoms with Crippen LogP contribution in [0.25, 0.3) is 0 Å². The molecule has 2 heterocycles. The van der Waals surface area contributed by atoms with Gasteiger partial charge in [0.25, 0.3) is 0 Å². The van der Waals surface area contributed by atoms with Crippen LogP contribution in [0.1, 0.15) is 55.0 Å². The molecule has 1 aromatic carbocycles. The summed E-state index contributed by atoms with van der Waals surface area (Å²) in [5.41, 5.74) is 4.93. The molecule has 0 amide bonds. The van der Waals surface area contributed by atoms with Crippen LogP contribution in [0.5, 0.6) is 0 Å². The summed E-state index contributed by atoms with van der Waals surface area (Å²) in [6.07, 6.45) is 3.74. The zero-order chi connectivity index (χ0) is 22.4. The van der Waals surface area contributed by atoms with E-state index in [0.717, 1.165) is 57.2 Å². The Kier molecular flexibility index (Phi) is 10.4. The largest absolute Gasteiger partial charge is 0.393 e. The van der Waals surface area contributed by atoms with Gasteiger partial charge in [-0.1, -0.05) is 38.1 Å². The van der Waals surface area contributed by atoms with Crippen molar-refractivity contribution in [3.05, 3.63) is 52.8 Å². The molecule has 0 radical (unpaired) electrons. The van der Waals surface area contributed by atoms with Gasteiger partial charge in [0.2, 0.25) is 0 Å². The molecule has 7 nitrogen and oxygen atoms in total. The number of likely N-dealkylation sites (tertiary alicyclic amines) is 1. The number of aromatic nitrogens is 2. The fourth-order valence-electron chi connectivity index (χ4n) is 4.16. The van der Waals surface area contributed by atoms with Crippen LogP contribution in [-0.2, 0) is 26.7 Å². The summed E-state index contributed by atoms with van der Waals surface area (Å²) in [5, 5.41) is 17.8. The summed E-state index contributed by atoms with van der Waals surface area (Å²) in [6.45, 7) is 8.76. The number of aliphatic hydroxyl groups excluding tert-OH is 1. The predicted molar refractivity (Wildman–Crippen MR) is 141 cm³/mol. The van der Waals surface area contributed by atoms with Crippen LogP contribution in [0.4, 0.5) is 0 Å². The van der Waals surface area contributed by atoms with Crippen molar-refractivity contribution in [1.29, 1.82) is 0 Å². The van der Waals surface area contributed by atoms with Crippen molar-refractivity contribution >= 4 is 29.9 Å². The number of piperidine rings is 1. The van der Waals surface area contributed by atoms with Crippen LogP contribution in [0.2, 0.25) is 0 Å². The molecular weight excluding hydrogens is 515 g/mol. The highest BCUT2D eigenvalue weighted by Crippen LogP contribution is 2.19. The van der Waals surface area contributed by atoms with Gasteiger partial charge in [-0.15, -0.1) is 24.0 Å². The number of hydrogen-bond acceptors (Lipinski definition) is 4. The van der Waals surface area contributed by atoms with Gasteiger partial charge in [-0.3, -0.25) is 14.6 Å². The lowest BCUT2D eigenvalue weighted by Gasteiger charge is -2.29. The molecule has 0 bridgehead atoms. The van der Waals surface area contributed by atoms with E-state index in [4.69, 9.17) is 0 Å². The monoisotopic (exact) mass is 554 g/mol. The van der Waals surface area contributed by atoms with Crippen molar-refractivity contribution in [2.45, 2.75) is 58.3 Å². The van der Waals surface area contributed by atoms with Crippen LogP contribution in [0.3, 0.4) is 0 Å². The van der Waals surface area contributed by atoms with Gasteiger partial charge in [0, 0.05) is 65.6 Å². The molecule has 178 valence electrons. The molecule has 1 aliphatic heterocycles. The van der Waals surface area contributed by atoms with Crippen LogP contribution < -0.4 is 5.32 Å². The molecule has 8 heteroatoms. The number of aliphatic imine (C=N–C) groups is 1. The number of aryl methyl sites for hydroxylation is 1. The highest BCUT2D eigenvalue weighted by atomic mass is 127. The molecule has 3 rings (SSSR count). The summed E-state index contributed by atoms with van der Waals surface area (Å²) in [7, 11) is 5.86. The second kappa shape index (κ2) is 12.6. The van der Waals surface area contributed by atoms with Crippen molar-refractivity contribution < 1.29 is 5.11 Å². The standard InChI is InChI=1S/C24H38N6O.HI/c1-18(2)23-21(17-29(5)27-23)16-28(4)24(25-3)26-14-19-6-8-20(9-7-19)15-30-12-10-22(31)11-13-30;/h6-9,17-18,22,31H,10-16H2,1-5H3,(H,25,26);1H. The normalized spacial score (nSPS) is 15.7. The summed E-state index contributed by atoms with van der Waals surface area (Å²) in [5.74, 6) is 1.27. The molecule has 0 saturated carbocycles. The maximum atomic E-state index is 9.66. The quantitative estimate of drug-likeness (QED) is 0.312. The van der Waals surface area contributed by atoms with E-state index >= 15 is 0 Å². The average Bonchev–Trinajstić information content (AvgIpc) is 3.11. The van der Waals surface area contributed by atoms with E-state index in [1.807, 2.05) is 18.8 Å². The van der Waals surface area contributed by atoms with E-state index < -0.39 is 0 Å². The first kappa shape index (κ1) is 26.6. The minimum Gasteiger partial charge on any atom is -0.393 e. The van der Waals surface area contributed by atoms with Gasteiger partial charge in [0.1, 0.15) is 0 Å². The first-order valence-electron chi connectivity index (χ1n) is 11.3. The van der Waals surface area contributed by atoms with Crippen LogP contribution in [0, 0.1) is 0 Å². The van der Waals surface area contributed by atoms with Gasteiger partial charge >= 0.3 is 0 Å². The average molecular weight is 555 g/mol. The van der Waals surface area contributed by atoms with Crippen molar-refractivity contribution in [2.24, 2.45) is 12.0 Å². The fourth-order valence-corrected chi connectivity index (χ4v) is 4.16. The van der Waals surface area contributed by atoms with E-state index in [2.05, 4.69) is 76.6 Å². The number of nitrogens with zero attached hydrogens (tertiary/aromatic N) is 5. The molecule has 0 aliphatic carbocycles. The smallest absolute Gasteiger partial charge is 0.193 e. The number of hydrogen-bond donors (Lipinski definition) is 2. The Balaban J connectivity index is 0.00000363. The lowest BCUT2D eigenvalue weighted by molar-refractivity contribution is 0.0792. The molecule has 1 aromatic heterocycles. The molecule has 2 aromatic rings. The zero-order valence-corrected chi connectivity index (χ0v) is 22.4. The number of rotatable bonds is 7. The van der Waals surface area contributed by atoms with Crippen LogP contribution >= 0.6 is 24.0 Å². The Labute approximate surface area is 209 Å². The topological polar surface area (TPSA) is 68.9 Å². The van der Waals surface area contributed by atoms with Gasteiger partial charge in [0.05, 0.1) is 11.8 Å². The summed E-state index contributed by atoms with van der Waals surface area (Å²) >= 11 is 0. The van der Waals surface area contributed by atoms with Crippen molar-refractivity contribution in [3.63, 3.8) is 0 Å². The number of halogens is 1. The number of aliphatic hydroxyl groups is 1. The fraction of sp³-hybridized carbons (Fsp3) is 0.583. The van der Waals surface area contributed by atoms with Gasteiger partial charge in [-0.05, 0) is 29.9 Å². The molecule has 2 N–H and O–H groups in total. The zero-order valence-electron chi connectivity index (χ0n) is 20.1. The predicted octanol–water partition coefficient (Wildman–Crippen LogP) is 3.33. The van der Waals surface area contributed by atoms with Crippen LogP contribution in [0.15, 0.2) is 35.5 Å². The maximum absolute atomic E-state index is 9.66. The molecular formula is C24H39IN6O. The molecule has 1 aliphatic rings.